The summed E-state index contributed by atoms with van der Waals surface area (Å²) in [6.07, 6.45) is 3.85. The van der Waals surface area contributed by atoms with E-state index in [0.717, 1.165) is 37.1 Å². The number of phenols is 2. The van der Waals surface area contributed by atoms with E-state index in [1.165, 1.54) is 6.07 Å². The van der Waals surface area contributed by atoms with Gasteiger partial charge in [-0.15, -0.1) is 11.8 Å². The number of piperidine rings is 1. The van der Waals surface area contributed by atoms with E-state index >= 15 is 0 Å². The third-order valence-electron chi connectivity index (χ3n) is 8.26. The molecule has 7 N–H and O–H groups in total. The standard InChI is InChI=1S/C33H45N3O12S/c1-19-7-5-8-21(34-26(40)18-49-33-31(44)30(43)29(42)25(16-37)48-33)9-6-10-22(35-46-17-27(41)36-11-3-2-4-12-36)13-20-14-23(38)15-24(39)28(20)32(45)47-19/h5-6,8,10,14-15,19,21,25,29-31,33,37-39,42-44H,2-4,7,9,11-13,16-18H2,1H3,(H,34,40)/b8-5+,10-6+,35-22?/t19-,21-,25?,29+,30?,31-,33-/m1/s1. The van der Waals surface area contributed by atoms with Crippen LogP contribution in [0.15, 0.2) is 41.6 Å². The third-order valence-corrected chi connectivity index (χ3v) is 9.40. The van der Waals surface area contributed by atoms with Gasteiger partial charge in [-0.25, -0.2) is 4.79 Å². The van der Waals surface area contributed by atoms with Crippen LogP contribution in [0.25, 0.3) is 0 Å². The average Bonchev–Trinajstić information content (AvgIpc) is 3.06. The van der Waals surface area contributed by atoms with Gasteiger partial charge in [0.05, 0.1) is 24.1 Å². The number of cyclic esters (lactones) is 1. The highest BCUT2D eigenvalue weighted by atomic mass is 32.2. The number of hydrogen-bond donors (Lipinski definition) is 7. The van der Waals surface area contributed by atoms with Crippen LogP contribution in [-0.4, -0.2) is 133 Å². The number of rotatable bonds is 8. The molecular weight excluding hydrogens is 662 g/mol. The van der Waals surface area contributed by atoms with Crippen molar-refractivity contribution in [3.63, 3.8) is 0 Å². The van der Waals surface area contributed by atoms with Crippen LogP contribution in [0.5, 0.6) is 11.5 Å². The smallest absolute Gasteiger partial charge is 0.342 e. The molecule has 4 rings (SSSR count). The van der Waals surface area contributed by atoms with Gasteiger partial charge in [0, 0.05) is 32.0 Å². The van der Waals surface area contributed by atoms with Crippen LogP contribution in [0.3, 0.4) is 0 Å². The minimum absolute atomic E-state index is 0.0855. The number of aliphatic hydroxyl groups is 4. The summed E-state index contributed by atoms with van der Waals surface area (Å²) in [6.45, 7) is 2.07. The van der Waals surface area contributed by atoms with Crippen LogP contribution in [-0.2, 0) is 30.3 Å². The van der Waals surface area contributed by atoms with Crippen molar-refractivity contribution in [3.8, 4) is 11.5 Å². The van der Waals surface area contributed by atoms with Gasteiger partial charge < -0.3 is 55.2 Å². The summed E-state index contributed by atoms with van der Waals surface area (Å²) in [5.41, 5.74) is -0.744. The number of nitrogens with one attached hydrogen (secondary N) is 1. The number of fused-ring (bicyclic) bond motifs is 1. The maximum atomic E-state index is 13.2. The highest BCUT2D eigenvalue weighted by Gasteiger charge is 2.43. The molecule has 0 aliphatic carbocycles. The van der Waals surface area contributed by atoms with Gasteiger partial charge in [-0.05, 0) is 50.3 Å². The fraction of sp³-hybridized carbons (Fsp3) is 0.576. The minimum Gasteiger partial charge on any atom is -0.508 e. The Morgan fingerprint density at radius 1 is 1.06 bits per heavy atom. The Hall–Kier alpha value is -3.67. The molecule has 2 amide bonds. The van der Waals surface area contributed by atoms with Crippen molar-refractivity contribution >= 4 is 35.3 Å². The molecule has 0 spiro atoms. The number of hydrogen-bond acceptors (Lipinski definition) is 14. The molecule has 16 heteroatoms. The summed E-state index contributed by atoms with van der Waals surface area (Å²) in [6, 6.07) is 1.80. The van der Waals surface area contributed by atoms with Gasteiger partial charge in [0.1, 0.15) is 53.0 Å². The summed E-state index contributed by atoms with van der Waals surface area (Å²) in [7, 11) is 0. The third kappa shape index (κ3) is 10.9. The molecule has 1 aromatic rings. The van der Waals surface area contributed by atoms with Crippen LogP contribution in [0.4, 0.5) is 0 Å². The molecule has 49 heavy (non-hydrogen) atoms. The van der Waals surface area contributed by atoms with Crippen LogP contribution in [0.1, 0.15) is 54.9 Å². The van der Waals surface area contributed by atoms with Crippen LogP contribution >= 0.6 is 11.8 Å². The Balaban J connectivity index is 1.50. The number of ether oxygens (including phenoxy) is 2. The van der Waals surface area contributed by atoms with Crippen molar-refractivity contribution < 1.29 is 59.3 Å². The molecule has 2 unspecified atom stereocenters. The highest BCUT2D eigenvalue weighted by Crippen LogP contribution is 2.30. The highest BCUT2D eigenvalue weighted by molar-refractivity contribution is 8.00. The molecule has 270 valence electrons. The lowest BCUT2D eigenvalue weighted by atomic mass is 9.99. The van der Waals surface area contributed by atoms with Crippen molar-refractivity contribution in [3.05, 3.63) is 47.6 Å². The molecule has 2 saturated heterocycles. The maximum Gasteiger partial charge on any atom is 0.342 e. The second-order valence-electron chi connectivity index (χ2n) is 12.2. The van der Waals surface area contributed by atoms with Gasteiger partial charge in [-0.2, -0.15) is 0 Å². The number of esters is 1. The lowest BCUT2D eigenvalue weighted by Crippen LogP contribution is -2.57. The Kier molecular flexibility index (Phi) is 14.3. The number of aliphatic hydroxyl groups excluding tert-OH is 4. The number of likely N-dealkylation sites (tertiary alicyclic amines) is 1. The second-order valence-corrected chi connectivity index (χ2v) is 13.3. The van der Waals surface area contributed by atoms with Crippen LogP contribution in [0, 0.1) is 0 Å². The number of oxime groups is 1. The first kappa shape index (κ1) is 38.1. The summed E-state index contributed by atoms with van der Waals surface area (Å²) in [5, 5.41) is 67.6. The molecular formula is C33H45N3O12S. The largest absolute Gasteiger partial charge is 0.508 e. The minimum atomic E-state index is -1.56. The van der Waals surface area contributed by atoms with E-state index in [2.05, 4.69) is 10.5 Å². The summed E-state index contributed by atoms with van der Waals surface area (Å²) in [4.78, 5) is 45.9. The Labute approximate surface area is 288 Å². The Bertz CT molecular complexity index is 1400. The fourth-order valence-electron chi connectivity index (χ4n) is 5.64. The number of aromatic hydroxyl groups is 2. The van der Waals surface area contributed by atoms with E-state index in [4.69, 9.17) is 14.3 Å². The molecule has 1 aromatic carbocycles. The van der Waals surface area contributed by atoms with Gasteiger partial charge in [-0.3, -0.25) is 9.59 Å². The van der Waals surface area contributed by atoms with Gasteiger partial charge in [0.2, 0.25) is 5.91 Å². The lowest BCUT2D eigenvalue weighted by Gasteiger charge is -2.39. The average molecular weight is 708 g/mol. The van der Waals surface area contributed by atoms with Gasteiger partial charge in [-0.1, -0.05) is 23.4 Å². The lowest BCUT2D eigenvalue weighted by molar-refractivity contribution is -0.205. The predicted molar refractivity (Wildman–Crippen MR) is 178 cm³/mol. The van der Waals surface area contributed by atoms with Crippen molar-refractivity contribution in [1.29, 1.82) is 0 Å². The molecule has 0 saturated carbocycles. The maximum absolute atomic E-state index is 13.2. The van der Waals surface area contributed by atoms with E-state index < -0.39 is 66.2 Å². The monoisotopic (exact) mass is 707 g/mol. The SMILES string of the molecule is C[C@@H]1C/C=C/[C@@H](NC(=O)CS[C@H]2OC(CO)[C@H](O)C(O)[C@H]2O)C/C=C/C(=NOCC(=O)N2CCCCC2)Cc2cc(O)cc(O)c2C(=O)O1. The summed E-state index contributed by atoms with van der Waals surface area (Å²) >= 11 is 0.900. The molecule has 3 heterocycles. The topological polar surface area (TPSA) is 228 Å². The number of thioether (sulfide) groups is 1. The van der Waals surface area contributed by atoms with Crippen molar-refractivity contribution in [2.75, 3.05) is 32.1 Å². The summed E-state index contributed by atoms with van der Waals surface area (Å²) in [5.74, 6) is -2.39. The van der Waals surface area contributed by atoms with E-state index in [9.17, 15) is 45.0 Å². The van der Waals surface area contributed by atoms with Crippen LogP contribution < -0.4 is 5.32 Å². The molecule has 15 nitrogen and oxygen atoms in total. The van der Waals surface area contributed by atoms with Crippen molar-refractivity contribution in [1.82, 2.24) is 10.2 Å². The molecule has 0 aromatic heterocycles. The van der Waals surface area contributed by atoms with E-state index in [-0.39, 0.29) is 60.1 Å². The fourth-order valence-corrected chi connectivity index (χ4v) is 6.62. The molecule has 3 aliphatic rings. The first-order valence-corrected chi connectivity index (χ1v) is 17.3. The van der Waals surface area contributed by atoms with Gasteiger partial charge in [0.25, 0.3) is 5.91 Å². The normalized spacial score (nSPS) is 30.4. The Morgan fingerprint density at radius 3 is 2.55 bits per heavy atom. The molecule has 3 aliphatic heterocycles. The number of carbonyl (C=O) groups excluding carboxylic acids is 3. The van der Waals surface area contributed by atoms with Gasteiger partial charge >= 0.3 is 5.97 Å². The Morgan fingerprint density at radius 2 is 1.82 bits per heavy atom. The summed E-state index contributed by atoms with van der Waals surface area (Å²) < 4.78 is 11.0. The molecule has 2 fully saturated rings. The first-order chi connectivity index (χ1) is 23.5. The van der Waals surface area contributed by atoms with Crippen LogP contribution in [0.2, 0.25) is 0 Å². The number of amides is 2. The van der Waals surface area contributed by atoms with Gasteiger partial charge in [0.15, 0.2) is 6.61 Å². The first-order valence-electron chi connectivity index (χ1n) is 16.2. The molecule has 0 radical (unpaired) electrons. The zero-order valence-electron chi connectivity index (χ0n) is 27.2. The van der Waals surface area contributed by atoms with E-state index in [1.807, 2.05) is 0 Å². The number of allylic oxidation sites excluding steroid dienone is 1. The molecule has 0 bridgehead atoms. The number of phenolic OH excluding ortho intramolecular Hbond substituents is 2. The van der Waals surface area contributed by atoms with Crippen molar-refractivity contribution in [2.24, 2.45) is 5.16 Å². The number of carbonyl (C=O) groups is 3. The number of benzene rings is 1. The molecule has 7 atom stereocenters. The second kappa shape index (κ2) is 18.4. The zero-order chi connectivity index (χ0) is 35.5. The number of nitrogens with zero attached hydrogens (tertiary/aromatic N) is 2. The quantitative estimate of drug-likeness (QED) is 0.111. The zero-order valence-corrected chi connectivity index (χ0v) is 28.0. The van der Waals surface area contributed by atoms with E-state index in [1.54, 1.807) is 36.1 Å². The van der Waals surface area contributed by atoms with E-state index in [0.29, 0.717) is 13.1 Å². The van der Waals surface area contributed by atoms with Crippen molar-refractivity contribution in [2.45, 2.75) is 87.4 Å². The predicted octanol–water partition coefficient (Wildman–Crippen LogP) is 0.495.